The molecule has 126 valence electrons. The zero-order valence-corrected chi connectivity index (χ0v) is 14.3. The topological polar surface area (TPSA) is 72.2 Å². The van der Waals surface area contributed by atoms with Gasteiger partial charge in [-0.25, -0.2) is 9.67 Å². The van der Waals surface area contributed by atoms with Crippen LogP contribution < -0.4 is 5.32 Å². The smallest absolute Gasteiger partial charge is 0.150 e. The third kappa shape index (κ3) is 4.60. The summed E-state index contributed by atoms with van der Waals surface area (Å²) in [5.41, 5.74) is 0. The standard InChI is InChI=1S/C16H24N4O2S/c1-2-15-18-16-6-5-12(9-20(16)19-15)17-8-13(21)10-22-11-14-4-3-7-23-14/h3-4,7,12-13,17,21H,2,5-6,8-11H2,1H3/t12-,13-/m0/s1. The van der Waals surface area contributed by atoms with Crippen molar-refractivity contribution in [1.82, 2.24) is 20.1 Å². The molecule has 1 aliphatic heterocycles. The van der Waals surface area contributed by atoms with Crippen LogP contribution in [0.5, 0.6) is 0 Å². The molecule has 7 heteroatoms. The van der Waals surface area contributed by atoms with E-state index in [0.717, 1.165) is 37.5 Å². The summed E-state index contributed by atoms with van der Waals surface area (Å²) in [6, 6.07) is 4.38. The van der Waals surface area contributed by atoms with Crippen molar-refractivity contribution < 1.29 is 9.84 Å². The first kappa shape index (κ1) is 16.6. The number of ether oxygens (including phenoxy) is 1. The van der Waals surface area contributed by atoms with Crippen LogP contribution in [0.3, 0.4) is 0 Å². The molecule has 6 nitrogen and oxygen atoms in total. The summed E-state index contributed by atoms with van der Waals surface area (Å²) < 4.78 is 7.55. The Bertz CT molecular complexity index is 599. The molecule has 1 aliphatic rings. The highest BCUT2D eigenvalue weighted by atomic mass is 32.1. The lowest BCUT2D eigenvalue weighted by Crippen LogP contribution is -2.42. The minimum atomic E-state index is -0.488. The lowest BCUT2D eigenvalue weighted by Gasteiger charge is -2.24. The van der Waals surface area contributed by atoms with Gasteiger partial charge in [-0.05, 0) is 17.9 Å². The molecule has 0 unspecified atom stereocenters. The highest BCUT2D eigenvalue weighted by Crippen LogP contribution is 2.13. The van der Waals surface area contributed by atoms with Gasteiger partial charge in [-0.3, -0.25) is 0 Å². The molecule has 0 bridgehead atoms. The lowest BCUT2D eigenvalue weighted by molar-refractivity contribution is 0.0279. The maximum atomic E-state index is 10.0. The van der Waals surface area contributed by atoms with E-state index in [1.807, 2.05) is 22.2 Å². The van der Waals surface area contributed by atoms with Gasteiger partial charge in [0.2, 0.25) is 0 Å². The fourth-order valence-corrected chi connectivity index (χ4v) is 3.37. The molecule has 2 aromatic rings. The van der Waals surface area contributed by atoms with Crippen molar-refractivity contribution in [2.24, 2.45) is 0 Å². The van der Waals surface area contributed by atoms with Crippen LogP contribution in [-0.2, 0) is 30.7 Å². The van der Waals surface area contributed by atoms with Crippen molar-refractivity contribution in [3.05, 3.63) is 34.0 Å². The average Bonchev–Trinajstić information content (AvgIpc) is 3.21. The van der Waals surface area contributed by atoms with E-state index >= 15 is 0 Å². The normalized spacial score (nSPS) is 18.8. The van der Waals surface area contributed by atoms with E-state index in [-0.39, 0.29) is 0 Å². The van der Waals surface area contributed by atoms with E-state index in [2.05, 4.69) is 22.3 Å². The summed E-state index contributed by atoms with van der Waals surface area (Å²) >= 11 is 1.67. The summed E-state index contributed by atoms with van der Waals surface area (Å²) in [4.78, 5) is 5.70. The highest BCUT2D eigenvalue weighted by Gasteiger charge is 2.21. The minimum Gasteiger partial charge on any atom is -0.389 e. The first-order valence-corrected chi connectivity index (χ1v) is 9.06. The van der Waals surface area contributed by atoms with E-state index < -0.39 is 6.10 Å². The second-order valence-corrected chi connectivity index (χ2v) is 6.90. The van der Waals surface area contributed by atoms with E-state index in [1.54, 1.807) is 11.3 Å². The average molecular weight is 336 g/mol. The molecule has 0 aromatic carbocycles. The molecule has 0 saturated carbocycles. The Morgan fingerprint density at radius 3 is 3.26 bits per heavy atom. The number of nitrogens with zero attached hydrogens (tertiary/aromatic N) is 3. The van der Waals surface area contributed by atoms with Gasteiger partial charge in [-0.15, -0.1) is 11.3 Å². The number of hydrogen-bond acceptors (Lipinski definition) is 6. The zero-order valence-electron chi connectivity index (χ0n) is 13.4. The molecule has 0 amide bonds. The van der Waals surface area contributed by atoms with E-state index in [1.165, 1.54) is 4.88 Å². The third-order valence-electron chi connectivity index (χ3n) is 3.99. The number of hydrogen-bond donors (Lipinski definition) is 2. The summed E-state index contributed by atoms with van der Waals surface area (Å²) in [6.07, 6.45) is 2.36. The molecule has 23 heavy (non-hydrogen) atoms. The van der Waals surface area contributed by atoms with Crippen LogP contribution in [0.25, 0.3) is 0 Å². The van der Waals surface area contributed by atoms with Crippen LogP contribution in [0.15, 0.2) is 17.5 Å². The van der Waals surface area contributed by atoms with E-state index in [9.17, 15) is 5.11 Å². The summed E-state index contributed by atoms with van der Waals surface area (Å²) in [5.74, 6) is 2.00. The Morgan fingerprint density at radius 2 is 2.48 bits per heavy atom. The summed E-state index contributed by atoms with van der Waals surface area (Å²) in [5, 5.41) is 20.0. The molecule has 2 atom stereocenters. The van der Waals surface area contributed by atoms with Crippen LogP contribution in [0.2, 0.25) is 0 Å². The molecule has 3 heterocycles. The number of aromatic nitrogens is 3. The predicted octanol–water partition coefficient (Wildman–Crippen LogP) is 1.38. The Morgan fingerprint density at radius 1 is 1.57 bits per heavy atom. The molecule has 0 aliphatic carbocycles. The van der Waals surface area contributed by atoms with Gasteiger partial charge < -0.3 is 15.2 Å². The monoisotopic (exact) mass is 336 g/mol. The fraction of sp³-hybridized carbons (Fsp3) is 0.625. The van der Waals surface area contributed by atoms with Gasteiger partial charge in [0.25, 0.3) is 0 Å². The molecular formula is C16H24N4O2S. The second kappa shape index (κ2) is 8.01. The quantitative estimate of drug-likeness (QED) is 0.762. The van der Waals surface area contributed by atoms with E-state index in [0.29, 0.717) is 25.8 Å². The fourth-order valence-electron chi connectivity index (χ4n) is 2.73. The van der Waals surface area contributed by atoms with Gasteiger partial charge in [-0.1, -0.05) is 13.0 Å². The molecule has 2 aromatic heterocycles. The second-order valence-electron chi connectivity index (χ2n) is 5.87. The van der Waals surface area contributed by atoms with Crippen molar-refractivity contribution in [3.63, 3.8) is 0 Å². The van der Waals surface area contributed by atoms with Gasteiger partial charge in [0.05, 0.1) is 25.9 Å². The van der Waals surface area contributed by atoms with Crippen molar-refractivity contribution in [2.45, 2.75) is 51.5 Å². The molecular weight excluding hydrogens is 312 g/mol. The van der Waals surface area contributed by atoms with Gasteiger partial charge in [0.15, 0.2) is 5.82 Å². The molecule has 0 radical (unpaired) electrons. The number of aliphatic hydroxyl groups is 1. The largest absolute Gasteiger partial charge is 0.389 e. The summed E-state index contributed by atoms with van der Waals surface area (Å²) in [7, 11) is 0. The molecule has 2 N–H and O–H groups in total. The Kier molecular flexibility index (Phi) is 5.77. The van der Waals surface area contributed by atoms with Crippen molar-refractivity contribution >= 4 is 11.3 Å². The SMILES string of the molecule is CCc1nc2n(n1)C[C@@H](NC[C@H](O)COCc1cccs1)CC2. The van der Waals surface area contributed by atoms with Crippen molar-refractivity contribution in [2.75, 3.05) is 13.2 Å². The van der Waals surface area contributed by atoms with Gasteiger partial charge >= 0.3 is 0 Å². The Balaban J connectivity index is 1.37. The molecule has 0 fully saturated rings. The summed E-state index contributed by atoms with van der Waals surface area (Å²) in [6.45, 7) is 4.36. The van der Waals surface area contributed by atoms with Gasteiger partial charge in [0.1, 0.15) is 5.82 Å². The Labute approximate surface area is 140 Å². The van der Waals surface area contributed by atoms with Gasteiger partial charge in [0, 0.05) is 30.3 Å². The number of aliphatic hydroxyl groups excluding tert-OH is 1. The first-order valence-electron chi connectivity index (χ1n) is 8.18. The molecule has 0 spiro atoms. The number of thiophene rings is 1. The van der Waals surface area contributed by atoms with Crippen LogP contribution >= 0.6 is 11.3 Å². The van der Waals surface area contributed by atoms with Crippen molar-refractivity contribution in [3.8, 4) is 0 Å². The lowest BCUT2D eigenvalue weighted by atomic mass is 10.1. The zero-order chi connectivity index (χ0) is 16.1. The number of aryl methyl sites for hydroxylation is 2. The third-order valence-corrected chi connectivity index (χ3v) is 4.84. The van der Waals surface area contributed by atoms with Crippen LogP contribution in [0, 0.1) is 0 Å². The molecule has 3 rings (SSSR count). The van der Waals surface area contributed by atoms with Crippen LogP contribution in [0.1, 0.15) is 29.9 Å². The van der Waals surface area contributed by atoms with Gasteiger partial charge in [-0.2, -0.15) is 5.10 Å². The number of rotatable bonds is 8. The number of nitrogens with one attached hydrogen (secondary N) is 1. The highest BCUT2D eigenvalue weighted by molar-refractivity contribution is 7.09. The minimum absolute atomic E-state index is 0.334. The number of fused-ring (bicyclic) bond motifs is 1. The van der Waals surface area contributed by atoms with E-state index in [4.69, 9.17) is 4.74 Å². The van der Waals surface area contributed by atoms with Crippen LogP contribution in [0.4, 0.5) is 0 Å². The maximum absolute atomic E-state index is 10.0. The van der Waals surface area contributed by atoms with Crippen LogP contribution in [-0.4, -0.2) is 45.2 Å². The van der Waals surface area contributed by atoms with Crippen molar-refractivity contribution in [1.29, 1.82) is 0 Å². The molecule has 0 saturated heterocycles. The maximum Gasteiger partial charge on any atom is 0.150 e. The Hall–Kier alpha value is -1.28. The predicted molar refractivity (Wildman–Crippen MR) is 89.5 cm³/mol. The first-order chi connectivity index (χ1) is 11.2.